The largest absolute Gasteiger partial charge is 0.480 e. The minimum Gasteiger partial charge on any atom is -0.480 e. The molecule has 0 amide bonds. The standard InChI is InChI=1S/C15H24N2O2/c1-15(2,3)11-5-7-12(8-6-11)17(4)10-9-13(16)14(18)19/h5-8,13H,9-10,16H2,1-4H3,(H,18,19). The first-order valence-corrected chi connectivity index (χ1v) is 6.52. The first kappa shape index (κ1) is 15.5. The molecule has 4 heteroatoms. The van der Waals surface area contributed by atoms with Crippen molar-refractivity contribution >= 4 is 11.7 Å². The number of anilines is 1. The Kier molecular flexibility index (Phi) is 4.95. The third kappa shape index (κ3) is 4.56. The SMILES string of the molecule is CN(CCC(N)C(=O)O)c1ccc(C(C)(C)C)cc1. The van der Waals surface area contributed by atoms with E-state index in [-0.39, 0.29) is 5.41 Å². The lowest BCUT2D eigenvalue weighted by molar-refractivity contribution is -0.138. The highest BCUT2D eigenvalue weighted by molar-refractivity contribution is 5.73. The third-order valence-corrected chi connectivity index (χ3v) is 3.27. The van der Waals surface area contributed by atoms with Gasteiger partial charge < -0.3 is 15.7 Å². The smallest absolute Gasteiger partial charge is 0.320 e. The van der Waals surface area contributed by atoms with Crippen molar-refractivity contribution in [3.05, 3.63) is 29.8 Å². The summed E-state index contributed by atoms with van der Waals surface area (Å²) in [6.45, 7) is 7.16. The van der Waals surface area contributed by atoms with Gasteiger partial charge in [-0.15, -0.1) is 0 Å². The third-order valence-electron chi connectivity index (χ3n) is 3.27. The zero-order chi connectivity index (χ0) is 14.6. The maximum Gasteiger partial charge on any atom is 0.320 e. The summed E-state index contributed by atoms with van der Waals surface area (Å²) in [6, 6.07) is 7.56. The van der Waals surface area contributed by atoms with Crippen LogP contribution in [0.1, 0.15) is 32.8 Å². The summed E-state index contributed by atoms with van der Waals surface area (Å²) < 4.78 is 0. The molecule has 0 saturated carbocycles. The second-order valence-electron chi connectivity index (χ2n) is 5.95. The van der Waals surface area contributed by atoms with E-state index in [1.54, 1.807) is 0 Å². The Morgan fingerprint density at radius 2 is 1.84 bits per heavy atom. The Labute approximate surface area is 115 Å². The van der Waals surface area contributed by atoms with Gasteiger partial charge in [0.2, 0.25) is 0 Å². The maximum atomic E-state index is 10.7. The van der Waals surface area contributed by atoms with Crippen molar-refractivity contribution < 1.29 is 9.90 Å². The molecule has 4 nitrogen and oxygen atoms in total. The van der Waals surface area contributed by atoms with E-state index >= 15 is 0 Å². The van der Waals surface area contributed by atoms with E-state index in [0.717, 1.165) is 5.69 Å². The lowest BCUT2D eigenvalue weighted by Gasteiger charge is -2.23. The number of aliphatic carboxylic acids is 1. The number of carboxylic acids is 1. The molecule has 3 N–H and O–H groups in total. The zero-order valence-electron chi connectivity index (χ0n) is 12.2. The molecular weight excluding hydrogens is 240 g/mol. The molecule has 1 rings (SSSR count). The molecule has 0 bridgehead atoms. The number of hydrogen-bond acceptors (Lipinski definition) is 3. The van der Waals surface area contributed by atoms with Crippen LogP contribution in [-0.2, 0) is 10.2 Å². The monoisotopic (exact) mass is 264 g/mol. The molecule has 0 radical (unpaired) electrons. The van der Waals surface area contributed by atoms with Crippen LogP contribution in [0.25, 0.3) is 0 Å². The van der Waals surface area contributed by atoms with Crippen LogP contribution in [0.2, 0.25) is 0 Å². The van der Waals surface area contributed by atoms with Crippen LogP contribution < -0.4 is 10.6 Å². The summed E-state index contributed by atoms with van der Waals surface area (Å²) >= 11 is 0. The Balaban J connectivity index is 2.63. The molecule has 1 aromatic carbocycles. The quantitative estimate of drug-likeness (QED) is 0.855. The van der Waals surface area contributed by atoms with E-state index < -0.39 is 12.0 Å². The van der Waals surface area contributed by atoms with Gasteiger partial charge in [0.25, 0.3) is 0 Å². The summed E-state index contributed by atoms with van der Waals surface area (Å²) in [5, 5.41) is 8.75. The van der Waals surface area contributed by atoms with Crippen LogP contribution in [0, 0.1) is 0 Å². The van der Waals surface area contributed by atoms with Crippen LogP contribution in [0.4, 0.5) is 5.69 Å². The molecule has 0 aromatic heterocycles. The van der Waals surface area contributed by atoms with Gasteiger partial charge in [-0.1, -0.05) is 32.9 Å². The number of rotatable bonds is 5. The Morgan fingerprint density at radius 1 is 1.32 bits per heavy atom. The lowest BCUT2D eigenvalue weighted by Crippen LogP contribution is -2.34. The van der Waals surface area contributed by atoms with Gasteiger partial charge in [0.1, 0.15) is 6.04 Å². The van der Waals surface area contributed by atoms with E-state index in [2.05, 4.69) is 45.0 Å². The molecule has 1 unspecified atom stereocenters. The normalized spacial score (nSPS) is 13.1. The number of nitrogens with two attached hydrogens (primary N) is 1. The summed E-state index contributed by atoms with van der Waals surface area (Å²) in [6.07, 6.45) is 0.437. The van der Waals surface area contributed by atoms with Crippen molar-refractivity contribution in [2.45, 2.75) is 38.6 Å². The lowest BCUT2D eigenvalue weighted by atomic mass is 9.87. The van der Waals surface area contributed by atoms with Crippen molar-refractivity contribution in [3.63, 3.8) is 0 Å². The zero-order valence-corrected chi connectivity index (χ0v) is 12.2. The highest BCUT2D eigenvalue weighted by atomic mass is 16.4. The van der Waals surface area contributed by atoms with E-state index in [1.165, 1.54) is 5.56 Å². The molecule has 0 saturated heterocycles. The Bertz CT molecular complexity index is 421. The van der Waals surface area contributed by atoms with Crippen LogP contribution >= 0.6 is 0 Å². The minimum atomic E-state index is -0.948. The molecule has 0 aliphatic rings. The molecular formula is C15H24N2O2. The first-order chi connectivity index (χ1) is 8.71. The van der Waals surface area contributed by atoms with Crippen LogP contribution in [-0.4, -0.2) is 30.7 Å². The van der Waals surface area contributed by atoms with Gasteiger partial charge in [0, 0.05) is 19.3 Å². The van der Waals surface area contributed by atoms with Gasteiger partial charge in [-0.25, -0.2) is 0 Å². The summed E-state index contributed by atoms with van der Waals surface area (Å²) in [7, 11) is 1.95. The van der Waals surface area contributed by atoms with Crippen molar-refractivity contribution in [2.24, 2.45) is 5.73 Å². The number of hydrogen-bond donors (Lipinski definition) is 2. The van der Waals surface area contributed by atoms with E-state index in [9.17, 15) is 4.79 Å². The molecule has 0 heterocycles. The Hall–Kier alpha value is -1.55. The van der Waals surface area contributed by atoms with Gasteiger partial charge in [-0.2, -0.15) is 0 Å². The molecule has 19 heavy (non-hydrogen) atoms. The topological polar surface area (TPSA) is 66.6 Å². The number of carboxylic acid groups (broad SMARTS) is 1. The van der Waals surface area contributed by atoms with Crippen LogP contribution in [0.15, 0.2) is 24.3 Å². The fraction of sp³-hybridized carbons (Fsp3) is 0.533. The second-order valence-corrected chi connectivity index (χ2v) is 5.95. The van der Waals surface area contributed by atoms with Gasteiger partial charge in [0.05, 0.1) is 0 Å². The minimum absolute atomic E-state index is 0.142. The molecule has 0 aliphatic carbocycles. The van der Waals surface area contributed by atoms with E-state index in [4.69, 9.17) is 10.8 Å². The maximum absolute atomic E-state index is 10.7. The molecule has 0 aliphatic heterocycles. The van der Waals surface area contributed by atoms with Crippen molar-refractivity contribution in [3.8, 4) is 0 Å². The summed E-state index contributed by atoms with van der Waals surface area (Å²) in [4.78, 5) is 12.7. The molecule has 1 aromatic rings. The number of carbonyl (C=O) groups is 1. The predicted octanol–water partition coefficient (Wildman–Crippen LogP) is 2.22. The average molecular weight is 264 g/mol. The Morgan fingerprint density at radius 3 is 2.26 bits per heavy atom. The first-order valence-electron chi connectivity index (χ1n) is 6.52. The van der Waals surface area contributed by atoms with Gasteiger partial charge in [-0.3, -0.25) is 4.79 Å². The van der Waals surface area contributed by atoms with E-state index in [1.807, 2.05) is 11.9 Å². The number of nitrogens with zero attached hydrogens (tertiary/aromatic N) is 1. The van der Waals surface area contributed by atoms with Crippen molar-refractivity contribution in [1.82, 2.24) is 0 Å². The fourth-order valence-corrected chi connectivity index (χ4v) is 1.80. The van der Waals surface area contributed by atoms with E-state index in [0.29, 0.717) is 13.0 Å². The predicted molar refractivity (Wildman–Crippen MR) is 78.6 cm³/mol. The summed E-state index contributed by atoms with van der Waals surface area (Å²) in [5.41, 5.74) is 8.00. The van der Waals surface area contributed by atoms with Gasteiger partial charge in [-0.05, 0) is 29.5 Å². The molecule has 1 atom stereocenters. The molecule has 0 fully saturated rings. The van der Waals surface area contributed by atoms with Crippen LogP contribution in [0.5, 0.6) is 0 Å². The number of benzene rings is 1. The van der Waals surface area contributed by atoms with Crippen LogP contribution in [0.3, 0.4) is 0 Å². The van der Waals surface area contributed by atoms with Gasteiger partial charge >= 0.3 is 5.97 Å². The summed E-state index contributed by atoms with van der Waals surface area (Å²) in [5.74, 6) is -0.948. The molecule has 106 valence electrons. The van der Waals surface area contributed by atoms with Crippen molar-refractivity contribution in [1.29, 1.82) is 0 Å². The second kappa shape index (κ2) is 6.06. The van der Waals surface area contributed by atoms with Crippen molar-refractivity contribution in [2.75, 3.05) is 18.5 Å². The highest BCUT2D eigenvalue weighted by Crippen LogP contribution is 2.24. The highest BCUT2D eigenvalue weighted by Gasteiger charge is 2.15. The average Bonchev–Trinajstić information content (AvgIpc) is 2.34. The fourth-order valence-electron chi connectivity index (χ4n) is 1.80. The van der Waals surface area contributed by atoms with Gasteiger partial charge in [0.15, 0.2) is 0 Å². The molecule has 0 spiro atoms.